The normalized spacial score (nSPS) is 18.6. The second-order valence-electron chi connectivity index (χ2n) is 4.93. The van der Waals surface area contributed by atoms with Crippen molar-refractivity contribution in [2.75, 3.05) is 5.32 Å². The van der Waals surface area contributed by atoms with Crippen molar-refractivity contribution in [3.8, 4) is 0 Å². The monoisotopic (exact) mass is 308 g/mol. The maximum atomic E-state index is 11.6. The Labute approximate surface area is 122 Å². The summed E-state index contributed by atoms with van der Waals surface area (Å²) < 4.78 is 23.3. The molecule has 0 bridgehead atoms. The van der Waals surface area contributed by atoms with Crippen molar-refractivity contribution in [2.45, 2.75) is 30.2 Å². The van der Waals surface area contributed by atoms with Crippen LogP contribution in [0.25, 0.3) is 0 Å². The summed E-state index contributed by atoms with van der Waals surface area (Å²) in [5.41, 5.74) is 1.87. The first kappa shape index (κ1) is 13.6. The summed E-state index contributed by atoms with van der Waals surface area (Å²) in [4.78, 5) is 1.55. The molecule has 106 valence electrons. The predicted octanol–water partition coefficient (Wildman–Crippen LogP) is 2.89. The van der Waals surface area contributed by atoms with Crippen molar-refractivity contribution < 1.29 is 8.42 Å². The summed E-state index contributed by atoms with van der Waals surface area (Å²) in [6.07, 6.45) is 3.23. The van der Waals surface area contributed by atoms with Crippen molar-refractivity contribution in [1.29, 1.82) is 0 Å². The minimum atomic E-state index is -3.71. The predicted molar refractivity (Wildman–Crippen MR) is 81.4 cm³/mol. The molecular formula is C14H16N2O2S2. The molecule has 3 rings (SSSR count). The van der Waals surface area contributed by atoms with Crippen LogP contribution in [0, 0.1) is 0 Å². The molecule has 1 aromatic heterocycles. The van der Waals surface area contributed by atoms with Gasteiger partial charge in [0.15, 0.2) is 0 Å². The molecule has 0 saturated carbocycles. The van der Waals surface area contributed by atoms with E-state index in [1.54, 1.807) is 23.5 Å². The molecule has 20 heavy (non-hydrogen) atoms. The van der Waals surface area contributed by atoms with Gasteiger partial charge in [0.05, 0.1) is 11.7 Å². The van der Waals surface area contributed by atoms with Crippen molar-refractivity contribution in [3.05, 3.63) is 46.2 Å². The number of para-hydroxylation sites is 1. The van der Waals surface area contributed by atoms with Crippen molar-refractivity contribution in [2.24, 2.45) is 5.14 Å². The maximum absolute atomic E-state index is 11.6. The zero-order valence-corrected chi connectivity index (χ0v) is 12.5. The summed E-state index contributed by atoms with van der Waals surface area (Å²) in [5, 5.41) is 10.7. The molecule has 0 spiro atoms. The van der Waals surface area contributed by atoms with E-state index in [9.17, 15) is 8.42 Å². The van der Waals surface area contributed by atoms with E-state index in [2.05, 4.69) is 16.8 Å². The highest BCUT2D eigenvalue weighted by atomic mass is 32.2. The highest BCUT2D eigenvalue weighted by molar-refractivity contribution is 7.89. The molecule has 0 aliphatic heterocycles. The Bertz CT molecular complexity index is 722. The second-order valence-corrected chi connectivity index (χ2v) is 7.46. The molecule has 0 amide bonds. The van der Waals surface area contributed by atoms with Gasteiger partial charge in [-0.25, -0.2) is 13.6 Å². The van der Waals surface area contributed by atoms with Gasteiger partial charge in [-0.2, -0.15) is 0 Å². The molecule has 3 N–H and O–H groups in total. The molecule has 1 heterocycles. The fourth-order valence-electron chi connectivity index (χ4n) is 2.66. The lowest BCUT2D eigenvalue weighted by atomic mass is 9.94. The number of hydrogen-bond acceptors (Lipinski definition) is 4. The third kappa shape index (κ3) is 2.59. The number of primary sulfonamides is 1. The lowest BCUT2D eigenvalue weighted by Gasteiger charge is -2.25. The van der Waals surface area contributed by atoms with Crippen LogP contribution in [-0.2, 0) is 16.4 Å². The number of rotatable bonds is 3. The molecular weight excluding hydrogens is 292 g/mol. The number of sulfonamides is 1. The molecule has 1 aromatic carbocycles. The van der Waals surface area contributed by atoms with Crippen LogP contribution in [0.3, 0.4) is 0 Å². The molecule has 6 heteroatoms. The van der Waals surface area contributed by atoms with E-state index in [0.29, 0.717) is 5.69 Å². The standard InChI is InChI=1S/C14H16N2O2S2/c15-20(17,18)14-7-2-1-4-12(14)16-11-5-3-6-13-10(11)8-9-19-13/h1-2,4,7-9,11,16H,3,5-6H2,(H2,15,17,18). The third-order valence-electron chi connectivity index (χ3n) is 3.58. The summed E-state index contributed by atoms with van der Waals surface area (Å²) >= 11 is 1.77. The first-order valence-electron chi connectivity index (χ1n) is 6.50. The number of fused-ring (bicyclic) bond motifs is 1. The van der Waals surface area contributed by atoms with Gasteiger partial charge in [-0.05, 0) is 48.4 Å². The Morgan fingerprint density at radius 1 is 1.25 bits per heavy atom. The molecule has 2 aromatic rings. The van der Waals surface area contributed by atoms with Gasteiger partial charge in [-0.3, -0.25) is 0 Å². The van der Waals surface area contributed by atoms with Crippen LogP contribution in [0.2, 0.25) is 0 Å². The number of thiophene rings is 1. The lowest BCUT2D eigenvalue weighted by molar-refractivity contribution is 0.594. The summed E-state index contributed by atoms with van der Waals surface area (Å²) in [7, 11) is -3.71. The number of benzene rings is 1. The van der Waals surface area contributed by atoms with E-state index in [1.807, 2.05) is 6.07 Å². The Kier molecular flexibility index (Phi) is 3.54. The Balaban J connectivity index is 1.95. The fourth-order valence-corrected chi connectivity index (χ4v) is 4.35. The molecule has 0 fully saturated rings. The van der Waals surface area contributed by atoms with Gasteiger partial charge in [-0.1, -0.05) is 12.1 Å². The first-order chi connectivity index (χ1) is 9.55. The van der Waals surface area contributed by atoms with Crippen LogP contribution in [0.4, 0.5) is 5.69 Å². The van der Waals surface area contributed by atoms with Crippen molar-refractivity contribution in [1.82, 2.24) is 0 Å². The van der Waals surface area contributed by atoms with Crippen LogP contribution >= 0.6 is 11.3 Å². The number of hydrogen-bond donors (Lipinski definition) is 2. The van der Waals surface area contributed by atoms with E-state index in [0.717, 1.165) is 19.3 Å². The van der Waals surface area contributed by atoms with E-state index in [4.69, 9.17) is 5.14 Å². The van der Waals surface area contributed by atoms with E-state index >= 15 is 0 Å². The highest BCUT2D eigenvalue weighted by Crippen LogP contribution is 2.36. The van der Waals surface area contributed by atoms with E-state index in [1.165, 1.54) is 16.5 Å². The summed E-state index contributed by atoms with van der Waals surface area (Å²) in [6, 6.07) is 9.08. The zero-order valence-electron chi connectivity index (χ0n) is 10.9. The van der Waals surface area contributed by atoms with Crippen LogP contribution in [0.15, 0.2) is 40.6 Å². The van der Waals surface area contributed by atoms with Gasteiger partial charge in [0.1, 0.15) is 4.90 Å². The zero-order chi connectivity index (χ0) is 14.2. The average Bonchev–Trinajstić information content (AvgIpc) is 2.87. The summed E-state index contributed by atoms with van der Waals surface area (Å²) in [5.74, 6) is 0. The Morgan fingerprint density at radius 3 is 2.85 bits per heavy atom. The Morgan fingerprint density at radius 2 is 2.05 bits per heavy atom. The van der Waals surface area contributed by atoms with Crippen LogP contribution in [-0.4, -0.2) is 8.42 Å². The van der Waals surface area contributed by atoms with Gasteiger partial charge in [0.25, 0.3) is 0 Å². The smallest absolute Gasteiger partial charge is 0.240 e. The number of nitrogens with one attached hydrogen (secondary N) is 1. The van der Waals surface area contributed by atoms with Gasteiger partial charge in [-0.15, -0.1) is 11.3 Å². The maximum Gasteiger partial charge on any atom is 0.240 e. The molecule has 0 saturated heterocycles. The molecule has 1 unspecified atom stereocenters. The minimum absolute atomic E-state index is 0.155. The number of aryl methyl sites for hydroxylation is 1. The fraction of sp³-hybridized carbons (Fsp3) is 0.286. The quantitative estimate of drug-likeness (QED) is 0.915. The lowest BCUT2D eigenvalue weighted by Crippen LogP contribution is -2.19. The van der Waals surface area contributed by atoms with E-state index in [-0.39, 0.29) is 10.9 Å². The minimum Gasteiger partial charge on any atom is -0.377 e. The summed E-state index contributed by atoms with van der Waals surface area (Å²) in [6.45, 7) is 0. The molecule has 4 nitrogen and oxygen atoms in total. The van der Waals surface area contributed by atoms with Crippen molar-refractivity contribution in [3.63, 3.8) is 0 Å². The average molecular weight is 308 g/mol. The van der Waals surface area contributed by atoms with Crippen molar-refractivity contribution >= 4 is 27.0 Å². The Hall–Kier alpha value is -1.37. The van der Waals surface area contributed by atoms with Gasteiger partial charge in [0.2, 0.25) is 10.0 Å². The third-order valence-corrected chi connectivity index (χ3v) is 5.54. The molecule has 0 radical (unpaired) electrons. The van der Waals surface area contributed by atoms with Gasteiger partial charge >= 0.3 is 0 Å². The van der Waals surface area contributed by atoms with Crippen LogP contribution < -0.4 is 10.5 Å². The number of anilines is 1. The van der Waals surface area contributed by atoms with Crippen LogP contribution in [0.5, 0.6) is 0 Å². The van der Waals surface area contributed by atoms with Gasteiger partial charge < -0.3 is 5.32 Å². The SMILES string of the molecule is NS(=O)(=O)c1ccccc1NC1CCCc2sccc21. The number of nitrogens with two attached hydrogens (primary N) is 1. The first-order valence-corrected chi connectivity index (χ1v) is 8.93. The molecule has 1 atom stereocenters. The largest absolute Gasteiger partial charge is 0.377 e. The second kappa shape index (κ2) is 5.20. The van der Waals surface area contributed by atoms with Gasteiger partial charge in [0, 0.05) is 4.88 Å². The van der Waals surface area contributed by atoms with Crippen LogP contribution in [0.1, 0.15) is 29.3 Å². The topological polar surface area (TPSA) is 72.2 Å². The van der Waals surface area contributed by atoms with E-state index < -0.39 is 10.0 Å². The molecule has 1 aliphatic rings. The highest BCUT2D eigenvalue weighted by Gasteiger charge is 2.23. The molecule has 1 aliphatic carbocycles.